The molecule has 0 atom stereocenters. The largest absolute Gasteiger partial charge is 0.285 e. The number of thioether (sulfide) groups is 1. The van der Waals surface area contributed by atoms with Crippen molar-refractivity contribution in [1.29, 1.82) is 0 Å². The molecule has 1 fully saturated rings. The van der Waals surface area contributed by atoms with E-state index in [4.69, 9.17) is 12.2 Å². The number of carbonyl (C=O) groups excluding carboxylic acids is 1. The van der Waals surface area contributed by atoms with Crippen molar-refractivity contribution < 1.29 is 4.79 Å². The number of nitrogens with zero attached hydrogens (tertiary/aromatic N) is 2. The second-order valence-corrected chi connectivity index (χ2v) is 8.83. The highest BCUT2D eigenvalue weighted by Crippen LogP contribution is 2.36. The molecule has 1 aliphatic heterocycles. The lowest BCUT2D eigenvalue weighted by Gasteiger charge is -2.20. The lowest BCUT2D eigenvalue weighted by Crippen LogP contribution is -2.39. The molecule has 3 aromatic carbocycles. The minimum Gasteiger partial charge on any atom is -0.266 e. The average Bonchev–Trinajstić information content (AvgIpc) is 3.19. The zero-order valence-corrected chi connectivity index (χ0v) is 17.7. The number of aryl methyl sites for hydroxylation is 2. The normalized spacial score (nSPS) is 15.9. The fraction of sp³-hybridized carbons (Fsp3) is 0.0833. The van der Waals surface area contributed by atoms with Gasteiger partial charge in [0.2, 0.25) is 0 Å². The van der Waals surface area contributed by atoms with E-state index in [0.717, 1.165) is 38.5 Å². The first-order valence-electron chi connectivity index (χ1n) is 9.38. The second-order valence-electron chi connectivity index (χ2n) is 7.15. The van der Waals surface area contributed by atoms with Crippen molar-refractivity contribution in [2.75, 3.05) is 5.01 Å². The molecule has 0 aliphatic carbocycles. The lowest BCUT2D eigenvalue weighted by atomic mass is 9.96. The van der Waals surface area contributed by atoms with Gasteiger partial charge in [-0.15, -0.1) is 0 Å². The van der Waals surface area contributed by atoms with Gasteiger partial charge in [-0.2, -0.15) is 5.01 Å². The summed E-state index contributed by atoms with van der Waals surface area (Å²) in [7, 11) is 0. The molecular formula is C24H18N2OS2. The maximum atomic E-state index is 13.3. The molecule has 0 bridgehead atoms. The Bertz CT molecular complexity index is 1280. The number of carbonyl (C=O) groups is 1. The van der Waals surface area contributed by atoms with Crippen LogP contribution in [0.25, 0.3) is 27.6 Å². The third-order valence-corrected chi connectivity index (χ3v) is 6.58. The molecule has 1 aromatic heterocycles. The van der Waals surface area contributed by atoms with Crippen LogP contribution in [0.3, 0.4) is 0 Å². The molecule has 4 aromatic rings. The van der Waals surface area contributed by atoms with E-state index < -0.39 is 0 Å². The summed E-state index contributed by atoms with van der Waals surface area (Å²) in [6, 6.07) is 22.8. The predicted octanol–water partition coefficient (Wildman–Crippen LogP) is 5.95. The Kier molecular flexibility index (Phi) is 4.30. The maximum absolute atomic E-state index is 13.3. The van der Waals surface area contributed by atoms with E-state index in [0.29, 0.717) is 9.23 Å². The van der Waals surface area contributed by atoms with E-state index in [1.807, 2.05) is 61.0 Å². The lowest BCUT2D eigenvalue weighted by molar-refractivity contribution is -0.114. The van der Waals surface area contributed by atoms with Gasteiger partial charge < -0.3 is 0 Å². The number of rotatable bonds is 2. The minimum absolute atomic E-state index is 0.0839. The molecule has 5 heteroatoms. The Morgan fingerprint density at radius 3 is 2.00 bits per heavy atom. The second kappa shape index (κ2) is 6.87. The van der Waals surface area contributed by atoms with Crippen LogP contribution in [0.2, 0.25) is 0 Å². The topological polar surface area (TPSA) is 25.2 Å². The van der Waals surface area contributed by atoms with Crippen LogP contribution in [-0.2, 0) is 4.79 Å². The molecule has 142 valence electrons. The molecule has 1 saturated heterocycles. The van der Waals surface area contributed by atoms with Gasteiger partial charge in [-0.1, -0.05) is 60.3 Å². The summed E-state index contributed by atoms with van der Waals surface area (Å²) in [5.41, 5.74) is 3.02. The van der Waals surface area contributed by atoms with Gasteiger partial charge >= 0.3 is 0 Å². The van der Waals surface area contributed by atoms with Crippen LogP contribution >= 0.6 is 24.0 Å². The van der Waals surface area contributed by atoms with E-state index in [1.54, 1.807) is 5.01 Å². The summed E-state index contributed by atoms with van der Waals surface area (Å²) >= 11 is 6.93. The van der Waals surface area contributed by atoms with Gasteiger partial charge in [0.15, 0.2) is 4.32 Å². The monoisotopic (exact) mass is 414 g/mol. The standard InChI is InChI=1S/C24H18N2OS2/c1-15-11-12-16(2)25(15)26-23(27)22(29-24(26)28)14-21-19-9-5-3-7-17(19)13-18-8-4-6-10-20(18)21/h3-14H,1-2H3/b22-14+. The molecule has 0 saturated carbocycles. The van der Waals surface area contributed by atoms with Gasteiger partial charge in [0.1, 0.15) is 0 Å². The van der Waals surface area contributed by atoms with Crippen molar-refractivity contribution in [3.63, 3.8) is 0 Å². The van der Waals surface area contributed by atoms with Gasteiger partial charge in [0.25, 0.3) is 5.91 Å². The van der Waals surface area contributed by atoms with Crippen LogP contribution in [0.4, 0.5) is 0 Å². The number of hydrogen-bond donors (Lipinski definition) is 0. The van der Waals surface area contributed by atoms with Crippen molar-refractivity contribution >= 4 is 61.8 Å². The van der Waals surface area contributed by atoms with E-state index in [9.17, 15) is 4.79 Å². The Morgan fingerprint density at radius 2 is 1.41 bits per heavy atom. The Balaban J connectivity index is 1.70. The van der Waals surface area contributed by atoms with Crippen molar-refractivity contribution in [1.82, 2.24) is 4.68 Å². The van der Waals surface area contributed by atoms with Gasteiger partial charge in [0, 0.05) is 11.4 Å². The molecule has 5 rings (SSSR count). The molecule has 0 spiro atoms. The van der Waals surface area contributed by atoms with Crippen LogP contribution in [0.5, 0.6) is 0 Å². The maximum Gasteiger partial charge on any atom is 0.285 e. The van der Waals surface area contributed by atoms with Crippen molar-refractivity contribution in [2.45, 2.75) is 13.8 Å². The van der Waals surface area contributed by atoms with E-state index in [1.165, 1.54) is 11.8 Å². The van der Waals surface area contributed by atoms with Crippen LogP contribution in [0.1, 0.15) is 17.0 Å². The van der Waals surface area contributed by atoms with Crippen LogP contribution in [0, 0.1) is 13.8 Å². The van der Waals surface area contributed by atoms with Crippen molar-refractivity contribution in [3.05, 3.63) is 88.6 Å². The molecule has 0 radical (unpaired) electrons. The Labute approximate surface area is 178 Å². The Hall–Kier alpha value is -2.89. The van der Waals surface area contributed by atoms with E-state index in [-0.39, 0.29) is 5.91 Å². The summed E-state index contributed by atoms with van der Waals surface area (Å²) in [6.45, 7) is 3.96. The van der Waals surface area contributed by atoms with Crippen LogP contribution < -0.4 is 5.01 Å². The highest BCUT2D eigenvalue weighted by molar-refractivity contribution is 8.27. The quantitative estimate of drug-likeness (QED) is 0.230. The molecule has 1 aliphatic rings. The van der Waals surface area contributed by atoms with Crippen LogP contribution in [0.15, 0.2) is 71.6 Å². The third kappa shape index (κ3) is 2.89. The zero-order valence-electron chi connectivity index (χ0n) is 16.0. The van der Waals surface area contributed by atoms with Gasteiger partial charge in [-0.05, 0) is 77.4 Å². The molecular weight excluding hydrogens is 396 g/mol. The number of thiocarbonyl (C=S) groups is 1. The Morgan fingerprint density at radius 1 is 0.862 bits per heavy atom. The number of benzene rings is 3. The summed E-state index contributed by atoms with van der Waals surface area (Å²) in [5.74, 6) is -0.0839. The first-order chi connectivity index (χ1) is 14.0. The molecule has 0 unspecified atom stereocenters. The fourth-order valence-electron chi connectivity index (χ4n) is 3.94. The molecule has 2 heterocycles. The molecule has 0 N–H and O–H groups in total. The van der Waals surface area contributed by atoms with Gasteiger partial charge in [-0.3, -0.25) is 9.47 Å². The summed E-state index contributed by atoms with van der Waals surface area (Å²) in [6.07, 6.45) is 2.00. The summed E-state index contributed by atoms with van der Waals surface area (Å²) < 4.78 is 2.44. The summed E-state index contributed by atoms with van der Waals surface area (Å²) in [4.78, 5) is 14.0. The third-order valence-electron chi connectivity index (χ3n) is 5.30. The number of amides is 1. The van der Waals surface area contributed by atoms with E-state index in [2.05, 4.69) is 30.3 Å². The van der Waals surface area contributed by atoms with Gasteiger partial charge in [-0.25, -0.2) is 0 Å². The first kappa shape index (κ1) is 18.2. The number of fused-ring (bicyclic) bond motifs is 2. The van der Waals surface area contributed by atoms with Crippen molar-refractivity contribution in [3.8, 4) is 0 Å². The van der Waals surface area contributed by atoms with Crippen molar-refractivity contribution in [2.24, 2.45) is 0 Å². The zero-order chi connectivity index (χ0) is 20.1. The fourth-order valence-corrected chi connectivity index (χ4v) is 5.17. The molecule has 29 heavy (non-hydrogen) atoms. The number of hydrogen-bond acceptors (Lipinski definition) is 3. The molecule has 3 nitrogen and oxygen atoms in total. The highest BCUT2D eigenvalue weighted by Gasteiger charge is 2.35. The van der Waals surface area contributed by atoms with Gasteiger partial charge in [0.05, 0.1) is 4.91 Å². The molecule has 1 amide bonds. The number of aromatic nitrogens is 1. The minimum atomic E-state index is -0.0839. The SMILES string of the molecule is Cc1ccc(C)n1N1C(=O)/C(=C\c2c3ccccc3cc3ccccc23)SC1=S. The smallest absolute Gasteiger partial charge is 0.266 e. The van der Waals surface area contributed by atoms with E-state index >= 15 is 0 Å². The summed E-state index contributed by atoms with van der Waals surface area (Å²) in [5, 5.41) is 6.17. The predicted molar refractivity (Wildman–Crippen MR) is 127 cm³/mol. The highest BCUT2D eigenvalue weighted by atomic mass is 32.2. The first-order valence-corrected chi connectivity index (χ1v) is 10.6. The van der Waals surface area contributed by atoms with Crippen LogP contribution in [-0.4, -0.2) is 14.9 Å². The average molecular weight is 415 g/mol.